The molecule has 3 N–H and O–H groups in total. The molecule has 4 heteroatoms. The van der Waals surface area contributed by atoms with Crippen molar-refractivity contribution in [3.05, 3.63) is 18.0 Å². The van der Waals surface area contributed by atoms with E-state index in [0.29, 0.717) is 6.54 Å². The fraction of sp³-hybridized carbons (Fsp3) is 0.667. The molecule has 0 radical (unpaired) electrons. The number of aliphatic hydroxyl groups is 1. The molecule has 0 spiro atoms. The monoisotopic (exact) mass is 183 g/mol. The van der Waals surface area contributed by atoms with Crippen molar-refractivity contribution in [3.63, 3.8) is 0 Å². The van der Waals surface area contributed by atoms with Crippen LogP contribution in [0.25, 0.3) is 0 Å². The van der Waals surface area contributed by atoms with Crippen LogP contribution in [-0.2, 0) is 6.54 Å². The zero-order valence-corrected chi connectivity index (χ0v) is 8.33. The highest BCUT2D eigenvalue weighted by Gasteiger charge is 2.21. The molecule has 0 saturated carbocycles. The van der Waals surface area contributed by atoms with Gasteiger partial charge in [0.25, 0.3) is 0 Å². The van der Waals surface area contributed by atoms with Gasteiger partial charge in [-0.2, -0.15) is 5.10 Å². The van der Waals surface area contributed by atoms with Gasteiger partial charge in [0.15, 0.2) is 0 Å². The van der Waals surface area contributed by atoms with Crippen LogP contribution in [0.4, 0.5) is 0 Å². The summed E-state index contributed by atoms with van der Waals surface area (Å²) in [4.78, 5) is 0. The Balaban J connectivity index is 2.35. The van der Waals surface area contributed by atoms with Gasteiger partial charge in [-0.05, 0) is 26.8 Å². The van der Waals surface area contributed by atoms with Crippen molar-refractivity contribution in [2.45, 2.75) is 39.0 Å². The van der Waals surface area contributed by atoms with Crippen molar-refractivity contribution in [2.75, 3.05) is 0 Å². The summed E-state index contributed by atoms with van der Waals surface area (Å²) in [5.74, 6) is 0. The van der Waals surface area contributed by atoms with Gasteiger partial charge >= 0.3 is 0 Å². The van der Waals surface area contributed by atoms with Crippen LogP contribution >= 0.6 is 0 Å². The van der Waals surface area contributed by atoms with Crippen LogP contribution in [0.5, 0.6) is 0 Å². The lowest BCUT2D eigenvalue weighted by molar-refractivity contribution is 0.0436. The standard InChI is InChI=1S/C9H17N3O/c1-7(9(2,3)13)10-6-8-4-5-11-12-8/h4-5,7,10,13H,6H2,1-3H3,(H,11,12). The van der Waals surface area contributed by atoms with Crippen LogP contribution in [0.1, 0.15) is 26.5 Å². The molecule has 0 fully saturated rings. The van der Waals surface area contributed by atoms with Crippen LogP contribution in [0.15, 0.2) is 12.3 Å². The minimum Gasteiger partial charge on any atom is -0.389 e. The first kappa shape index (κ1) is 10.2. The second kappa shape index (κ2) is 3.89. The van der Waals surface area contributed by atoms with Crippen molar-refractivity contribution in [1.82, 2.24) is 15.5 Å². The lowest BCUT2D eigenvalue weighted by atomic mass is 10.0. The topological polar surface area (TPSA) is 60.9 Å². The number of nitrogens with one attached hydrogen (secondary N) is 2. The third kappa shape index (κ3) is 3.16. The fourth-order valence-corrected chi connectivity index (χ4v) is 0.896. The van der Waals surface area contributed by atoms with Crippen molar-refractivity contribution in [2.24, 2.45) is 0 Å². The van der Waals surface area contributed by atoms with Crippen LogP contribution in [0, 0.1) is 0 Å². The lowest BCUT2D eigenvalue weighted by Gasteiger charge is -2.26. The predicted molar refractivity (Wildman–Crippen MR) is 51.2 cm³/mol. The third-order valence-electron chi connectivity index (χ3n) is 2.22. The van der Waals surface area contributed by atoms with Gasteiger partial charge in [0.2, 0.25) is 0 Å². The quantitative estimate of drug-likeness (QED) is 0.642. The molecule has 0 aliphatic heterocycles. The number of hydrogen-bond donors (Lipinski definition) is 3. The number of aromatic amines is 1. The summed E-state index contributed by atoms with van der Waals surface area (Å²) >= 11 is 0. The molecular weight excluding hydrogens is 166 g/mol. The Morgan fingerprint density at radius 2 is 2.38 bits per heavy atom. The molecule has 0 aliphatic carbocycles. The molecule has 74 valence electrons. The third-order valence-corrected chi connectivity index (χ3v) is 2.22. The van der Waals surface area contributed by atoms with E-state index >= 15 is 0 Å². The molecule has 0 aliphatic rings. The molecule has 0 amide bonds. The summed E-state index contributed by atoms with van der Waals surface area (Å²) in [6, 6.07) is 1.96. The Labute approximate surface area is 78.4 Å². The Morgan fingerprint density at radius 1 is 1.69 bits per heavy atom. The highest BCUT2D eigenvalue weighted by Crippen LogP contribution is 2.07. The molecule has 1 rings (SSSR count). The van der Waals surface area contributed by atoms with Crippen LogP contribution in [-0.4, -0.2) is 26.9 Å². The zero-order valence-electron chi connectivity index (χ0n) is 8.33. The maximum absolute atomic E-state index is 9.63. The number of aromatic nitrogens is 2. The Morgan fingerprint density at radius 3 is 2.85 bits per heavy atom. The molecule has 0 aromatic carbocycles. The first-order valence-corrected chi connectivity index (χ1v) is 4.44. The normalized spacial score (nSPS) is 14.5. The van der Waals surface area contributed by atoms with Crippen molar-refractivity contribution < 1.29 is 5.11 Å². The predicted octanol–water partition coefficient (Wildman–Crippen LogP) is 0.659. The van der Waals surface area contributed by atoms with E-state index < -0.39 is 5.60 Å². The number of nitrogens with zero attached hydrogens (tertiary/aromatic N) is 1. The van der Waals surface area contributed by atoms with Crippen molar-refractivity contribution >= 4 is 0 Å². The highest BCUT2D eigenvalue weighted by atomic mass is 16.3. The van der Waals surface area contributed by atoms with Crippen molar-refractivity contribution in [1.29, 1.82) is 0 Å². The van der Waals surface area contributed by atoms with Gasteiger partial charge in [0.1, 0.15) is 0 Å². The van der Waals surface area contributed by atoms with Gasteiger partial charge < -0.3 is 10.4 Å². The molecule has 0 saturated heterocycles. The first-order chi connectivity index (χ1) is 6.00. The molecule has 1 unspecified atom stereocenters. The summed E-state index contributed by atoms with van der Waals surface area (Å²) in [5.41, 5.74) is 0.330. The average Bonchev–Trinajstić information content (AvgIpc) is 2.50. The summed E-state index contributed by atoms with van der Waals surface area (Å²) < 4.78 is 0. The smallest absolute Gasteiger partial charge is 0.0741 e. The number of H-pyrrole nitrogens is 1. The van der Waals surface area contributed by atoms with Gasteiger partial charge in [-0.1, -0.05) is 0 Å². The van der Waals surface area contributed by atoms with E-state index in [4.69, 9.17) is 0 Å². The number of hydrogen-bond acceptors (Lipinski definition) is 3. The van der Waals surface area contributed by atoms with Gasteiger partial charge in [0, 0.05) is 24.5 Å². The summed E-state index contributed by atoms with van der Waals surface area (Å²) in [6.45, 7) is 6.23. The minimum absolute atomic E-state index is 0.0517. The largest absolute Gasteiger partial charge is 0.389 e. The van der Waals surface area contributed by atoms with E-state index in [9.17, 15) is 5.11 Å². The average molecular weight is 183 g/mol. The molecule has 4 nitrogen and oxygen atoms in total. The summed E-state index contributed by atoms with van der Waals surface area (Å²) in [5, 5.41) is 19.5. The summed E-state index contributed by atoms with van der Waals surface area (Å²) in [7, 11) is 0. The van der Waals surface area contributed by atoms with Crippen LogP contribution in [0.3, 0.4) is 0 Å². The molecule has 1 heterocycles. The van der Waals surface area contributed by atoms with Gasteiger partial charge in [-0.25, -0.2) is 0 Å². The van der Waals surface area contributed by atoms with E-state index in [1.54, 1.807) is 20.0 Å². The maximum Gasteiger partial charge on any atom is 0.0741 e. The minimum atomic E-state index is -0.694. The Hall–Kier alpha value is -0.870. The number of rotatable bonds is 4. The van der Waals surface area contributed by atoms with Crippen molar-refractivity contribution in [3.8, 4) is 0 Å². The van der Waals surface area contributed by atoms with Gasteiger partial charge in [-0.15, -0.1) is 0 Å². The Bertz CT molecular complexity index is 238. The second-order valence-electron chi connectivity index (χ2n) is 3.84. The van der Waals surface area contributed by atoms with E-state index in [-0.39, 0.29) is 6.04 Å². The fourth-order valence-electron chi connectivity index (χ4n) is 0.896. The lowest BCUT2D eigenvalue weighted by Crippen LogP contribution is -2.44. The molecule has 1 aromatic heterocycles. The molecule has 13 heavy (non-hydrogen) atoms. The molecule has 1 aromatic rings. The molecule has 1 atom stereocenters. The van der Waals surface area contributed by atoms with E-state index in [0.717, 1.165) is 5.69 Å². The molecule has 0 bridgehead atoms. The van der Waals surface area contributed by atoms with E-state index in [1.165, 1.54) is 0 Å². The van der Waals surface area contributed by atoms with E-state index in [2.05, 4.69) is 15.5 Å². The first-order valence-electron chi connectivity index (χ1n) is 4.44. The van der Waals surface area contributed by atoms with Gasteiger partial charge in [-0.3, -0.25) is 5.10 Å². The Kier molecular flexibility index (Phi) is 3.06. The SMILES string of the molecule is CC(NCc1ccn[nH]1)C(C)(C)O. The van der Waals surface area contributed by atoms with Gasteiger partial charge in [0.05, 0.1) is 5.60 Å². The van der Waals surface area contributed by atoms with Crippen LogP contribution < -0.4 is 5.32 Å². The van der Waals surface area contributed by atoms with E-state index in [1.807, 2.05) is 13.0 Å². The molecular formula is C9H17N3O. The summed E-state index contributed by atoms with van der Waals surface area (Å²) in [6.07, 6.45) is 1.71. The second-order valence-corrected chi connectivity index (χ2v) is 3.84. The van der Waals surface area contributed by atoms with Crippen LogP contribution in [0.2, 0.25) is 0 Å². The zero-order chi connectivity index (χ0) is 9.90. The maximum atomic E-state index is 9.63. The highest BCUT2D eigenvalue weighted by molar-refractivity contribution is 4.97.